The van der Waals surface area contributed by atoms with E-state index in [1.807, 2.05) is 6.92 Å². The zero-order chi connectivity index (χ0) is 11.9. The summed E-state index contributed by atoms with van der Waals surface area (Å²) >= 11 is 0. The molecule has 0 radical (unpaired) electrons. The summed E-state index contributed by atoms with van der Waals surface area (Å²) in [6, 6.07) is 10.8. The van der Waals surface area contributed by atoms with Crippen molar-refractivity contribution in [3.05, 3.63) is 41.6 Å². The standard InChI is InChI=1S/C15H18N2/c1-11-3-4-12-9-13(5-6-14(12)17-11)15(10-16)7-2-8-15/h3-6,9H,2,7-8,10,16H2,1H3. The van der Waals surface area contributed by atoms with E-state index < -0.39 is 0 Å². The zero-order valence-corrected chi connectivity index (χ0v) is 10.2. The van der Waals surface area contributed by atoms with Crippen molar-refractivity contribution in [2.45, 2.75) is 31.6 Å². The number of rotatable bonds is 2. The molecule has 2 heteroatoms. The quantitative estimate of drug-likeness (QED) is 0.855. The molecule has 0 bridgehead atoms. The Labute approximate surface area is 102 Å². The van der Waals surface area contributed by atoms with Crippen LogP contribution in [0.1, 0.15) is 30.5 Å². The van der Waals surface area contributed by atoms with Crippen LogP contribution in [0.3, 0.4) is 0 Å². The largest absolute Gasteiger partial charge is 0.330 e. The average molecular weight is 226 g/mol. The Balaban J connectivity index is 2.10. The van der Waals surface area contributed by atoms with Crippen LogP contribution in [0.2, 0.25) is 0 Å². The minimum atomic E-state index is 0.249. The van der Waals surface area contributed by atoms with Crippen LogP contribution in [0.4, 0.5) is 0 Å². The summed E-state index contributed by atoms with van der Waals surface area (Å²) in [6.07, 6.45) is 3.77. The molecule has 2 N–H and O–H groups in total. The zero-order valence-electron chi connectivity index (χ0n) is 10.2. The van der Waals surface area contributed by atoms with Gasteiger partial charge in [0, 0.05) is 23.0 Å². The van der Waals surface area contributed by atoms with Crippen molar-refractivity contribution in [2.75, 3.05) is 6.54 Å². The van der Waals surface area contributed by atoms with E-state index in [0.717, 1.165) is 17.8 Å². The van der Waals surface area contributed by atoms with Gasteiger partial charge in [-0.3, -0.25) is 4.98 Å². The van der Waals surface area contributed by atoms with Gasteiger partial charge in [0.2, 0.25) is 0 Å². The highest BCUT2D eigenvalue weighted by Crippen LogP contribution is 2.43. The van der Waals surface area contributed by atoms with E-state index in [4.69, 9.17) is 5.73 Å². The summed E-state index contributed by atoms with van der Waals surface area (Å²) in [5.41, 5.74) is 9.75. The summed E-state index contributed by atoms with van der Waals surface area (Å²) in [5.74, 6) is 0. The van der Waals surface area contributed by atoms with Gasteiger partial charge in [-0.1, -0.05) is 18.6 Å². The lowest BCUT2D eigenvalue weighted by atomic mass is 9.64. The molecule has 2 aromatic rings. The van der Waals surface area contributed by atoms with Gasteiger partial charge in [0.15, 0.2) is 0 Å². The Morgan fingerprint density at radius 2 is 2.06 bits per heavy atom. The molecule has 0 saturated heterocycles. The van der Waals surface area contributed by atoms with Crippen molar-refractivity contribution in [3.63, 3.8) is 0 Å². The molecule has 1 aromatic heterocycles. The fourth-order valence-corrected chi connectivity index (χ4v) is 2.77. The number of hydrogen-bond acceptors (Lipinski definition) is 2. The summed E-state index contributed by atoms with van der Waals surface area (Å²) in [7, 11) is 0. The molecule has 0 atom stereocenters. The van der Waals surface area contributed by atoms with E-state index in [1.54, 1.807) is 0 Å². The Bertz CT molecular complexity index is 550. The molecule has 0 unspecified atom stereocenters. The van der Waals surface area contributed by atoms with Crippen molar-refractivity contribution in [1.29, 1.82) is 0 Å². The van der Waals surface area contributed by atoms with Crippen molar-refractivity contribution < 1.29 is 0 Å². The summed E-state index contributed by atoms with van der Waals surface area (Å²) in [4.78, 5) is 4.54. The van der Waals surface area contributed by atoms with Crippen LogP contribution in [-0.4, -0.2) is 11.5 Å². The van der Waals surface area contributed by atoms with Crippen LogP contribution < -0.4 is 5.73 Å². The maximum Gasteiger partial charge on any atom is 0.0705 e. The molecule has 3 rings (SSSR count). The topological polar surface area (TPSA) is 38.9 Å². The normalized spacial score (nSPS) is 18.0. The lowest BCUT2D eigenvalue weighted by Gasteiger charge is -2.41. The lowest BCUT2D eigenvalue weighted by Crippen LogP contribution is -2.41. The Morgan fingerprint density at radius 3 is 2.71 bits per heavy atom. The number of hydrogen-bond donors (Lipinski definition) is 1. The predicted molar refractivity (Wildman–Crippen MR) is 71.1 cm³/mol. The van der Waals surface area contributed by atoms with E-state index in [0.29, 0.717) is 0 Å². The van der Waals surface area contributed by atoms with E-state index >= 15 is 0 Å². The Hall–Kier alpha value is -1.41. The number of fused-ring (bicyclic) bond motifs is 1. The minimum Gasteiger partial charge on any atom is -0.330 e. The van der Waals surface area contributed by atoms with Crippen molar-refractivity contribution >= 4 is 10.9 Å². The third-order valence-corrected chi connectivity index (χ3v) is 4.14. The third-order valence-electron chi connectivity index (χ3n) is 4.14. The van der Waals surface area contributed by atoms with Crippen LogP contribution >= 0.6 is 0 Å². The second kappa shape index (κ2) is 3.81. The molecule has 1 aliphatic carbocycles. The van der Waals surface area contributed by atoms with Crippen LogP contribution in [0.15, 0.2) is 30.3 Å². The van der Waals surface area contributed by atoms with Crippen LogP contribution in [-0.2, 0) is 5.41 Å². The van der Waals surface area contributed by atoms with Gasteiger partial charge in [-0.05, 0) is 43.5 Å². The Kier molecular flexibility index (Phi) is 2.40. The molecule has 1 saturated carbocycles. The highest BCUT2D eigenvalue weighted by molar-refractivity contribution is 5.79. The monoisotopic (exact) mass is 226 g/mol. The SMILES string of the molecule is Cc1ccc2cc(C3(CN)CCC3)ccc2n1. The van der Waals surface area contributed by atoms with Gasteiger partial charge in [0.1, 0.15) is 0 Å². The maximum absolute atomic E-state index is 5.95. The van der Waals surface area contributed by atoms with E-state index in [1.165, 1.54) is 30.2 Å². The number of aryl methyl sites for hydroxylation is 1. The van der Waals surface area contributed by atoms with Gasteiger partial charge in [-0.25, -0.2) is 0 Å². The summed E-state index contributed by atoms with van der Waals surface area (Å²) < 4.78 is 0. The molecule has 1 aliphatic rings. The summed E-state index contributed by atoms with van der Waals surface area (Å²) in [6.45, 7) is 2.79. The van der Waals surface area contributed by atoms with Crippen LogP contribution in [0.25, 0.3) is 10.9 Å². The first kappa shape index (κ1) is 10.7. The first-order valence-electron chi connectivity index (χ1n) is 6.31. The molecule has 0 aliphatic heterocycles. The van der Waals surface area contributed by atoms with Crippen LogP contribution in [0.5, 0.6) is 0 Å². The van der Waals surface area contributed by atoms with E-state index in [9.17, 15) is 0 Å². The number of nitrogens with two attached hydrogens (primary N) is 1. The third kappa shape index (κ3) is 1.64. The van der Waals surface area contributed by atoms with Crippen molar-refractivity contribution in [2.24, 2.45) is 5.73 Å². The maximum atomic E-state index is 5.95. The lowest BCUT2D eigenvalue weighted by molar-refractivity contribution is 0.253. The average Bonchev–Trinajstić information content (AvgIpc) is 2.28. The van der Waals surface area contributed by atoms with Crippen molar-refractivity contribution in [1.82, 2.24) is 4.98 Å². The van der Waals surface area contributed by atoms with Gasteiger partial charge >= 0.3 is 0 Å². The fourth-order valence-electron chi connectivity index (χ4n) is 2.77. The number of aromatic nitrogens is 1. The molecule has 1 heterocycles. The van der Waals surface area contributed by atoms with Gasteiger partial charge in [0.05, 0.1) is 5.52 Å². The molecule has 2 nitrogen and oxygen atoms in total. The predicted octanol–water partition coefficient (Wildman–Crippen LogP) is 2.92. The van der Waals surface area contributed by atoms with Gasteiger partial charge in [-0.2, -0.15) is 0 Å². The molecular formula is C15H18N2. The van der Waals surface area contributed by atoms with E-state index in [2.05, 4.69) is 35.3 Å². The van der Waals surface area contributed by atoms with E-state index in [-0.39, 0.29) is 5.41 Å². The fraction of sp³-hybridized carbons (Fsp3) is 0.400. The highest BCUT2D eigenvalue weighted by Gasteiger charge is 2.37. The van der Waals surface area contributed by atoms with Gasteiger partial charge < -0.3 is 5.73 Å². The number of nitrogens with zero attached hydrogens (tertiary/aromatic N) is 1. The molecule has 0 amide bonds. The van der Waals surface area contributed by atoms with Crippen LogP contribution in [0, 0.1) is 6.92 Å². The van der Waals surface area contributed by atoms with Gasteiger partial charge in [-0.15, -0.1) is 0 Å². The first-order chi connectivity index (χ1) is 8.23. The second-order valence-electron chi connectivity index (χ2n) is 5.20. The van der Waals surface area contributed by atoms with Crippen molar-refractivity contribution in [3.8, 4) is 0 Å². The summed E-state index contributed by atoms with van der Waals surface area (Å²) in [5, 5.41) is 1.23. The highest BCUT2D eigenvalue weighted by atomic mass is 14.7. The number of pyridine rings is 1. The second-order valence-corrected chi connectivity index (χ2v) is 5.20. The molecule has 88 valence electrons. The molecular weight excluding hydrogens is 208 g/mol. The molecule has 0 spiro atoms. The molecule has 1 aromatic carbocycles. The minimum absolute atomic E-state index is 0.249. The first-order valence-corrected chi connectivity index (χ1v) is 6.31. The molecule has 1 fully saturated rings. The van der Waals surface area contributed by atoms with Gasteiger partial charge in [0.25, 0.3) is 0 Å². The Morgan fingerprint density at radius 1 is 1.24 bits per heavy atom. The molecule has 17 heavy (non-hydrogen) atoms. The smallest absolute Gasteiger partial charge is 0.0705 e. The number of benzene rings is 1.